The summed E-state index contributed by atoms with van der Waals surface area (Å²) in [6.07, 6.45) is -0.906. The zero-order chi connectivity index (χ0) is 19.0. The molecule has 0 saturated heterocycles. The fraction of sp³-hybridized carbons (Fsp3) is 0.500. The number of esters is 1. The number of benzene rings is 1. The van der Waals surface area contributed by atoms with E-state index in [2.05, 4.69) is 5.32 Å². The first-order valence-corrected chi connectivity index (χ1v) is 8.03. The van der Waals surface area contributed by atoms with Gasteiger partial charge in [-0.25, -0.2) is 4.79 Å². The molecule has 7 nitrogen and oxygen atoms in total. The van der Waals surface area contributed by atoms with Crippen molar-refractivity contribution >= 4 is 17.7 Å². The van der Waals surface area contributed by atoms with Gasteiger partial charge < -0.3 is 19.5 Å². The zero-order valence-corrected chi connectivity index (χ0v) is 15.3. The van der Waals surface area contributed by atoms with Crippen molar-refractivity contribution in [1.29, 1.82) is 0 Å². The topological polar surface area (TPSA) is 90.9 Å². The SMILES string of the molecule is COc1cc(C(C)=O)ccc1OCC(=O)O[C@@H](C)C(=O)NCC(C)C. The Morgan fingerprint density at radius 1 is 1.12 bits per heavy atom. The average molecular weight is 351 g/mol. The average Bonchev–Trinajstić information content (AvgIpc) is 2.57. The molecule has 1 amide bonds. The maximum Gasteiger partial charge on any atom is 0.344 e. The fourth-order valence-corrected chi connectivity index (χ4v) is 1.88. The molecular weight excluding hydrogens is 326 g/mol. The number of nitrogens with one attached hydrogen (secondary N) is 1. The number of carbonyl (C=O) groups excluding carboxylic acids is 3. The molecule has 0 bridgehead atoms. The molecule has 0 spiro atoms. The molecule has 25 heavy (non-hydrogen) atoms. The molecule has 1 aromatic carbocycles. The van der Waals surface area contributed by atoms with Crippen LogP contribution in [-0.2, 0) is 14.3 Å². The number of ketones is 1. The van der Waals surface area contributed by atoms with Crippen molar-refractivity contribution in [3.05, 3.63) is 23.8 Å². The third-order valence-corrected chi connectivity index (χ3v) is 3.28. The minimum Gasteiger partial charge on any atom is -0.493 e. The second kappa shape index (κ2) is 9.66. The Labute approximate surface area is 147 Å². The van der Waals surface area contributed by atoms with Crippen LogP contribution in [0.3, 0.4) is 0 Å². The van der Waals surface area contributed by atoms with Crippen LogP contribution < -0.4 is 14.8 Å². The Kier molecular flexibility index (Phi) is 7.91. The highest BCUT2D eigenvalue weighted by Gasteiger charge is 2.18. The van der Waals surface area contributed by atoms with Crippen molar-refractivity contribution in [2.24, 2.45) is 5.92 Å². The minimum absolute atomic E-state index is 0.106. The van der Waals surface area contributed by atoms with Gasteiger partial charge in [0, 0.05) is 12.1 Å². The lowest BCUT2D eigenvalue weighted by atomic mass is 10.1. The molecule has 0 radical (unpaired) electrons. The lowest BCUT2D eigenvalue weighted by Gasteiger charge is -2.15. The number of carbonyl (C=O) groups is 3. The highest BCUT2D eigenvalue weighted by molar-refractivity contribution is 5.94. The summed E-state index contributed by atoms with van der Waals surface area (Å²) in [7, 11) is 1.44. The molecule has 0 aromatic heterocycles. The Morgan fingerprint density at radius 3 is 2.36 bits per heavy atom. The predicted molar refractivity (Wildman–Crippen MR) is 91.9 cm³/mol. The van der Waals surface area contributed by atoms with Gasteiger partial charge in [-0.3, -0.25) is 9.59 Å². The van der Waals surface area contributed by atoms with E-state index >= 15 is 0 Å². The van der Waals surface area contributed by atoms with Crippen LogP contribution in [-0.4, -0.2) is 44.0 Å². The molecule has 0 aliphatic heterocycles. The molecule has 1 rings (SSSR count). The second-order valence-electron chi connectivity index (χ2n) is 5.98. The first kappa shape index (κ1) is 20.5. The van der Waals surface area contributed by atoms with E-state index in [9.17, 15) is 14.4 Å². The minimum atomic E-state index is -0.906. The van der Waals surface area contributed by atoms with Crippen LogP contribution in [0.15, 0.2) is 18.2 Å². The fourth-order valence-electron chi connectivity index (χ4n) is 1.88. The third-order valence-electron chi connectivity index (χ3n) is 3.28. The standard InChI is InChI=1S/C18H25NO6/c1-11(2)9-19-18(22)13(4)25-17(21)10-24-15-7-6-14(12(3)20)8-16(15)23-5/h6-8,11,13H,9-10H2,1-5H3,(H,19,22)/t13-/m0/s1. The molecule has 1 N–H and O–H groups in total. The van der Waals surface area contributed by atoms with Gasteiger partial charge in [0.15, 0.2) is 30.0 Å². The van der Waals surface area contributed by atoms with Crippen LogP contribution in [0.25, 0.3) is 0 Å². The molecule has 7 heteroatoms. The highest BCUT2D eigenvalue weighted by Crippen LogP contribution is 2.28. The van der Waals surface area contributed by atoms with Crippen LogP contribution in [0.2, 0.25) is 0 Å². The number of hydrogen-bond donors (Lipinski definition) is 1. The van der Waals surface area contributed by atoms with Gasteiger partial charge in [0.25, 0.3) is 5.91 Å². The van der Waals surface area contributed by atoms with E-state index in [4.69, 9.17) is 14.2 Å². The molecule has 0 unspecified atom stereocenters. The largest absolute Gasteiger partial charge is 0.493 e. The molecule has 0 aliphatic carbocycles. The van der Waals surface area contributed by atoms with Crippen molar-refractivity contribution in [2.75, 3.05) is 20.3 Å². The van der Waals surface area contributed by atoms with Gasteiger partial charge in [0.05, 0.1) is 7.11 Å². The van der Waals surface area contributed by atoms with Gasteiger partial charge in [-0.15, -0.1) is 0 Å². The molecule has 0 heterocycles. The Hall–Kier alpha value is -2.57. The maximum absolute atomic E-state index is 11.8. The van der Waals surface area contributed by atoms with E-state index in [-0.39, 0.29) is 18.3 Å². The van der Waals surface area contributed by atoms with E-state index in [1.807, 2.05) is 13.8 Å². The van der Waals surface area contributed by atoms with E-state index < -0.39 is 12.1 Å². The number of ether oxygens (including phenoxy) is 3. The van der Waals surface area contributed by atoms with E-state index in [0.29, 0.717) is 29.5 Å². The van der Waals surface area contributed by atoms with E-state index in [1.165, 1.54) is 27.0 Å². The highest BCUT2D eigenvalue weighted by atomic mass is 16.6. The quantitative estimate of drug-likeness (QED) is 0.540. The van der Waals surface area contributed by atoms with Crippen molar-refractivity contribution in [2.45, 2.75) is 33.8 Å². The van der Waals surface area contributed by atoms with Crippen LogP contribution in [0.5, 0.6) is 11.5 Å². The summed E-state index contributed by atoms with van der Waals surface area (Å²) in [6, 6.07) is 4.65. The van der Waals surface area contributed by atoms with Gasteiger partial charge in [0.2, 0.25) is 0 Å². The van der Waals surface area contributed by atoms with Crippen molar-refractivity contribution in [1.82, 2.24) is 5.32 Å². The van der Waals surface area contributed by atoms with Gasteiger partial charge >= 0.3 is 5.97 Å². The van der Waals surface area contributed by atoms with Crippen LogP contribution in [0.4, 0.5) is 0 Å². The Balaban J connectivity index is 2.56. The van der Waals surface area contributed by atoms with Gasteiger partial charge in [-0.05, 0) is 38.0 Å². The van der Waals surface area contributed by atoms with Gasteiger partial charge in [-0.2, -0.15) is 0 Å². The monoisotopic (exact) mass is 351 g/mol. The van der Waals surface area contributed by atoms with Crippen LogP contribution >= 0.6 is 0 Å². The second-order valence-corrected chi connectivity index (χ2v) is 5.98. The van der Waals surface area contributed by atoms with Crippen molar-refractivity contribution < 1.29 is 28.6 Å². The predicted octanol–water partition coefficient (Wildman–Crippen LogP) is 1.98. The van der Waals surface area contributed by atoms with E-state index in [1.54, 1.807) is 12.1 Å². The molecule has 138 valence electrons. The molecule has 1 atom stereocenters. The summed E-state index contributed by atoms with van der Waals surface area (Å²) < 4.78 is 15.5. The molecular formula is C18H25NO6. The summed E-state index contributed by atoms with van der Waals surface area (Å²) in [4.78, 5) is 35.0. The summed E-state index contributed by atoms with van der Waals surface area (Å²) >= 11 is 0. The molecule has 0 saturated carbocycles. The smallest absolute Gasteiger partial charge is 0.344 e. The van der Waals surface area contributed by atoms with Crippen molar-refractivity contribution in [3.8, 4) is 11.5 Å². The third kappa shape index (κ3) is 6.82. The van der Waals surface area contributed by atoms with E-state index in [0.717, 1.165) is 0 Å². The molecule has 1 aromatic rings. The summed E-state index contributed by atoms with van der Waals surface area (Å²) in [5, 5.41) is 2.69. The van der Waals surface area contributed by atoms with Crippen LogP contribution in [0, 0.1) is 5.92 Å². The van der Waals surface area contributed by atoms with Crippen molar-refractivity contribution in [3.63, 3.8) is 0 Å². The summed E-state index contributed by atoms with van der Waals surface area (Å²) in [5.41, 5.74) is 0.474. The summed E-state index contributed by atoms with van der Waals surface area (Å²) in [6.45, 7) is 7.01. The lowest BCUT2D eigenvalue weighted by molar-refractivity contribution is -0.156. The lowest BCUT2D eigenvalue weighted by Crippen LogP contribution is -2.38. The number of Topliss-reactive ketones (excluding diaryl/α,β-unsaturated/α-hetero) is 1. The van der Waals surface area contributed by atoms with Crippen LogP contribution in [0.1, 0.15) is 38.1 Å². The number of methoxy groups -OCH3 is 1. The number of amides is 1. The maximum atomic E-state index is 11.8. The molecule has 0 aliphatic rings. The Bertz CT molecular complexity index is 626. The zero-order valence-electron chi connectivity index (χ0n) is 15.3. The summed E-state index contributed by atoms with van der Waals surface area (Å²) in [5.74, 6) is -0.189. The Morgan fingerprint density at radius 2 is 1.80 bits per heavy atom. The molecule has 0 fully saturated rings. The first-order chi connectivity index (χ1) is 11.7. The normalized spacial score (nSPS) is 11.6. The van der Waals surface area contributed by atoms with Gasteiger partial charge in [0.1, 0.15) is 0 Å². The number of rotatable bonds is 9. The van der Waals surface area contributed by atoms with Gasteiger partial charge in [-0.1, -0.05) is 13.8 Å². The number of hydrogen-bond acceptors (Lipinski definition) is 6. The first-order valence-electron chi connectivity index (χ1n) is 8.03.